The molecule has 1 aromatic heterocycles. The molecule has 27 heavy (non-hydrogen) atoms. The molecule has 2 heterocycles. The monoisotopic (exact) mass is 367 g/mol. The van der Waals surface area contributed by atoms with Crippen molar-refractivity contribution in [1.82, 2.24) is 20.1 Å². The first-order chi connectivity index (χ1) is 13.1. The number of aromatic nitrogens is 1. The molecule has 0 atom stereocenters. The number of nitrogens with one attached hydrogen (secondary N) is 2. The summed E-state index contributed by atoms with van der Waals surface area (Å²) >= 11 is 0. The maximum atomic E-state index is 12.6. The molecule has 142 valence electrons. The third-order valence-electron chi connectivity index (χ3n) is 4.65. The van der Waals surface area contributed by atoms with Crippen LogP contribution in [-0.2, 0) is 0 Å². The van der Waals surface area contributed by atoms with Crippen LogP contribution in [0.3, 0.4) is 0 Å². The summed E-state index contributed by atoms with van der Waals surface area (Å²) in [5.74, 6) is -0.480. The van der Waals surface area contributed by atoms with E-state index in [9.17, 15) is 9.59 Å². The van der Waals surface area contributed by atoms with Crippen LogP contribution in [0, 0.1) is 0 Å². The van der Waals surface area contributed by atoms with Gasteiger partial charge in [0, 0.05) is 51.7 Å². The molecule has 1 fully saturated rings. The number of pyridine rings is 1. The molecule has 0 unspecified atom stereocenters. The number of hydrogen-bond acceptors (Lipinski definition) is 5. The lowest BCUT2D eigenvalue weighted by Crippen LogP contribution is -2.46. The second-order valence-electron chi connectivity index (χ2n) is 6.64. The second-order valence-corrected chi connectivity index (χ2v) is 6.64. The third kappa shape index (κ3) is 5.35. The van der Waals surface area contributed by atoms with Gasteiger partial charge in [0.15, 0.2) is 0 Å². The Hall–Kier alpha value is -2.77. The minimum Gasteiger partial charge on any atom is -0.351 e. The maximum absolute atomic E-state index is 12.6. The van der Waals surface area contributed by atoms with Crippen molar-refractivity contribution in [3.8, 4) is 0 Å². The van der Waals surface area contributed by atoms with E-state index >= 15 is 0 Å². The zero-order valence-electron chi connectivity index (χ0n) is 15.5. The van der Waals surface area contributed by atoms with E-state index in [0.29, 0.717) is 23.4 Å². The first kappa shape index (κ1) is 19.0. The van der Waals surface area contributed by atoms with Crippen LogP contribution < -0.4 is 10.6 Å². The fourth-order valence-electron chi connectivity index (χ4n) is 2.98. The van der Waals surface area contributed by atoms with E-state index in [0.717, 1.165) is 32.7 Å². The van der Waals surface area contributed by atoms with Crippen molar-refractivity contribution in [2.24, 2.45) is 0 Å². The fourth-order valence-corrected chi connectivity index (χ4v) is 2.98. The Balaban J connectivity index is 1.56. The topological polar surface area (TPSA) is 77.6 Å². The number of hydrogen-bond donors (Lipinski definition) is 2. The number of anilines is 1. The largest absolute Gasteiger partial charge is 0.351 e. The lowest BCUT2D eigenvalue weighted by Gasteiger charge is -2.32. The minimum atomic E-state index is -0.291. The summed E-state index contributed by atoms with van der Waals surface area (Å²) in [7, 11) is 2.12. The molecule has 0 aliphatic carbocycles. The molecular weight excluding hydrogens is 342 g/mol. The molecule has 7 heteroatoms. The number of likely N-dealkylation sites (N-methyl/N-ethyl adjacent to an activating group) is 1. The van der Waals surface area contributed by atoms with Crippen LogP contribution in [0.25, 0.3) is 0 Å². The predicted molar refractivity (Wildman–Crippen MR) is 105 cm³/mol. The molecule has 1 saturated heterocycles. The van der Waals surface area contributed by atoms with Gasteiger partial charge in [0.2, 0.25) is 0 Å². The molecule has 2 amide bonds. The van der Waals surface area contributed by atoms with Gasteiger partial charge in [0.1, 0.15) is 0 Å². The Morgan fingerprint density at radius 1 is 1.04 bits per heavy atom. The maximum Gasteiger partial charge on any atom is 0.257 e. The molecule has 2 N–H and O–H groups in total. The summed E-state index contributed by atoms with van der Waals surface area (Å²) in [6, 6.07) is 10.4. The van der Waals surface area contributed by atoms with E-state index < -0.39 is 0 Å². The molecule has 1 aliphatic heterocycles. The Kier molecular flexibility index (Phi) is 6.51. The summed E-state index contributed by atoms with van der Waals surface area (Å²) in [6.45, 7) is 5.54. The summed E-state index contributed by atoms with van der Waals surface area (Å²) in [4.78, 5) is 33.5. The van der Waals surface area contributed by atoms with Crippen LogP contribution in [0.5, 0.6) is 0 Å². The summed E-state index contributed by atoms with van der Waals surface area (Å²) in [5.41, 5.74) is 1.39. The zero-order valence-corrected chi connectivity index (χ0v) is 15.5. The van der Waals surface area contributed by atoms with Crippen LogP contribution in [0.4, 0.5) is 5.69 Å². The van der Waals surface area contributed by atoms with Gasteiger partial charge in [-0.25, -0.2) is 0 Å². The van der Waals surface area contributed by atoms with Gasteiger partial charge in [-0.05, 0) is 31.3 Å². The molecule has 0 radical (unpaired) electrons. The summed E-state index contributed by atoms with van der Waals surface area (Å²) < 4.78 is 0. The highest BCUT2D eigenvalue weighted by atomic mass is 16.2. The number of benzene rings is 1. The van der Waals surface area contributed by atoms with E-state index in [2.05, 4.69) is 32.5 Å². The molecule has 2 aromatic rings. The minimum absolute atomic E-state index is 0.189. The SMILES string of the molecule is CN1CCN(CCNC(=O)c2ccccc2NC(=O)c2cccnc2)CC1. The summed E-state index contributed by atoms with van der Waals surface area (Å²) in [6.07, 6.45) is 3.10. The Morgan fingerprint density at radius 2 is 1.81 bits per heavy atom. The Labute approximate surface area is 159 Å². The van der Waals surface area contributed by atoms with Crippen molar-refractivity contribution in [3.05, 3.63) is 59.9 Å². The molecule has 1 aliphatic rings. The Morgan fingerprint density at radius 3 is 2.56 bits per heavy atom. The number of piperazine rings is 1. The molecule has 0 bridgehead atoms. The van der Waals surface area contributed by atoms with Gasteiger partial charge in [-0.3, -0.25) is 19.5 Å². The molecule has 3 rings (SSSR count). The lowest BCUT2D eigenvalue weighted by molar-refractivity contribution is 0.0942. The first-order valence-corrected chi connectivity index (χ1v) is 9.13. The number of para-hydroxylation sites is 1. The van der Waals surface area contributed by atoms with Crippen molar-refractivity contribution >= 4 is 17.5 Å². The number of nitrogens with zero attached hydrogens (tertiary/aromatic N) is 3. The van der Waals surface area contributed by atoms with Gasteiger partial charge in [-0.2, -0.15) is 0 Å². The van der Waals surface area contributed by atoms with Gasteiger partial charge in [0.25, 0.3) is 11.8 Å². The Bertz CT molecular complexity index is 773. The highest BCUT2D eigenvalue weighted by Gasteiger charge is 2.16. The van der Waals surface area contributed by atoms with Gasteiger partial charge in [-0.15, -0.1) is 0 Å². The average molecular weight is 367 g/mol. The van der Waals surface area contributed by atoms with Crippen LogP contribution >= 0.6 is 0 Å². The van der Waals surface area contributed by atoms with E-state index in [1.54, 1.807) is 42.6 Å². The van der Waals surface area contributed by atoms with Crippen molar-refractivity contribution in [1.29, 1.82) is 0 Å². The lowest BCUT2D eigenvalue weighted by atomic mass is 10.1. The number of carbonyl (C=O) groups excluding carboxylic acids is 2. The van der Waals surface area contributed by atoms with E-state index in [1.807, 2.05) is 0 Å². The third-order valence-corrected chi connectivity index (χ3v) is 4.65. The first-order valence-electron chi connectivity index (χ1n) is 9.13. The van der Waals surface area contributed by atoms with E-state index in [-0.39, 0.29) is 11.8 Å². The van der Waals surface area contributed by atoms with Gasteiger partial charge in [-0.1, -0.05) is 12.1 Å². The average Bonchev–Trinajstić information content (AvgIpc) is 2.70. The molecule has 7 nitrogen and oxygen atoms in total. The highest BCUT2D eigenvalue weighted by Crippen LogP contribution is 2.16. The van der Waals surface area contributed by atoms with Crippen molar-refractivity contribution in [3.63, 3.8) is 0 Å². The van der Waals surface area contributed by atoms with Crippen LogP contribution in [0.15, 0.2) is 48.8 Å². The molecule has 0 saturated carbocycles. The van der Waals surface area contributed by atoms with Crippen molar-refractivity contribution in [2.75, 3.05) is 51.6 Å². The van der Waals surface area contributed by atoms with Crippen molar-refractivity contribution < 1.29 is 9.59 Å². The molecule has 1 aromatic carbocycles. The summed E-state index contributed by atoms with van der Waals surface area (Å²) in [5, 5.41) is 5.75. The van der Waals surface area contributed by atoms with E-state index in [1.165, 1.54) is 6.20 Å². The normalized spacial score (nSPS) is 15.3. The molecule has 0 spiro atoms. The fraction of sp³-hybridized carbons (Fsp3) is 0.350. The van der Waals surface area contributed by atoms with Gasteiger partial charge in [0.05, 0.1) is 16.8 Å². The predicted octanol–water partition coefficient (Wildman–Crippen LogP) is 1.31. The molecular formula is C20H25N5O2. The quantitative estimate of drug-likeness (QED) is 0.805. The smallest absolute Gasteiger partial charge is 0.257 e. The van der Waals surface area contributed by atoms with Gasteiger partial charge < -0.3 is 15.5 Å². The van der Waals surface area contributed by atoms with Crippen LogP contribution in [0.2, 0.25) is 0 Å². The highest BCUT2D eigenvalue weighted by molar-refractivity contribution is 6.08. The van der Waals surface area contributed by atoms with Crippen molar-refractivity contribution in [2.45, 2.75) is 0 Å². The second kappa shape index (κ2) is 9.25. The van der Waals surface area contributed by atoms with E-state index in [4.69, 9.17) is 0 Å². The number of amides is 2. The van der Waals surface area contributed by atoms with Crippen LogP contribution in [-0.4, -0.2) is 72.9 Å². The number of carbonyl (C=O) groups is 2. The zero-order chi connectivity index (χ0) is 19.1. The number of rotatable bonds is 6. The van der Waals surface area contributed by atoms with Crippen LogP contribution in [0.1, 0.15) is 20.7 Å². The van der Waals surface area contributed by atoms with Gasteiger partial charge >= 0.3 is 0 Å². The standard InChI is InChI=1S/C20H25N5O2/c1-24-11-13-25(14-12-24)10-9-22-20(27)17-6-2-3-7-18(17)23-19(26)16-5-4-8-21-15-16/h2-8,15H,9-14H2,1H3,(H,22,27)(H,23,26).